The van der Waals surface area contributed by atoms with Crippen LogP contribution in [0.2, 0.25) is 0 Å². The van der Waals surface area contributed by atoms with Crippen molar-refractivity contribution in [1.82, 2.24) is 15.3 Å². The van der Waals surface area contributed by atoms with E-state index in [2.05, 4.69) is 10.2 Å². The maximum absolute atomic E-state index is 14.9. The number of hydrogen-bond donors (Lipinski definition) is 2. The summed E-state index contributed by atoms with van der Waals surface area (Å²) in [4.78, 5) is 43.0. The van der Waals surface area contributed by atoms with Gasteiger partial charge in [-0.25, -0.2) is 13.6 Å². The molecular formula is C22H29F2N5O4. The van der Waals surface area contributed by atoms with Crippen LogP contribution in [0.5, 0.6) is 0 Å². The molecule has 0 unspecified atom stereocenters. The minimum absolute atomic E-state index is 0.0379. The van der Waals surface area contributed by atoms with E-state index in [1.807, 2.05) is 0 Å². The molecule has 1 aromatic carbocycles. The van der Waals surface area contributed by atoms with E-state index in [0.717, 1.165) is 19.4 Å². The zero-order valence-electron chi connectivity index (χ0n) is 18.4. The minimum atomic E-state index is -0.796. The van der Waals surface area contributed by atoms with Gasteiger partial charge in [-0.05, 0) is 36.5 Å². The van der Waals surface area contributed by atoms with Crippen molar-refractivity contribution >= 4 is 23.6 Å². The Labute approximate surface area is 190 Å². The van der Waals surface area contributed by atoms with Gasteiger partial charge in [0.25, 0.3) is 0 Å². The van der Waals surface area contributed by atoms with Gasteiger partial charge in [0.2, 0.25) is 11.8 Å². The van der Waals surface area contributed by atoms with Crippen LogP contribution in [0.25, 0.3) is 0 Å². The average molecular weight is 466 g/mol. The summed E-state index contributed by atoms with van der Waals surface area (Å²) in [6.07, 6.45) is 1.06. The van der Waals surface area contributed by atoms with E-state index in [1.54, 1.807) is 9.96 Å². The van der Waals surface area contributed by atoms with Crippen LogP contribution in [0, 0.1) is 17.6 Å². The quantitative estimate of drug-likeness (QED) is 0.632. The number of anilines is 1. The summed E-state index contributed by atoms with van der Waals surface area (Å²) in [5, 5.41) is 3.79. The number of nitrogens with zero attached hydrogens (tertiary/aromatic N) is 3. The van der Waals surface area contributed by atoms with Crippen molar-refractivity contribution in [2.75, 3.05) is 50.7 Å². The molecule has 3 aliphatic rings. The zero-order chi connectivity index (χ0) is 23.5. The molecule has 0 saturated carbocycles. The molecule has 0 aromatic heterocycles. The molecule has 0 radical (unpaired) electrons. The van der Waals surface area contributed by atoms with Gasteiger partial charge in [0.1, 0.15) is 17.3 Å². The van der Waals surface area contributed by atoms with Crippen molar-refractivity contribution in [1.29, 1.82) is 0 Å². The molecule has 180 valence electrons. The van der Waals surface area contributed by atoms with Crippen molar-refractivity contribution < 1.29 is 28.0 Å². The maximum Gasteiger partial charge on any atom is 0.423 e. The summed E-state index contributed by atoms with van der Waals surface area (Å²) in [6, 6.07) is 2.51. The van der Waals surface area contributed by atoms with Gasteiger partial charge in [0.05, 0.1) is 0 Å². The fraction of sp³-hybridized carbons (Fsp3) is 0.591. The summed E-state index contributed by atoms with van der Waals surface area (Å²) in [6.45, 7) is 4.56. The molecule has 0 aliphatic carbocycles. The molecular weight excluding hydrogens is 436 g/mol. The van der Waals surface area contributed by atoms with Gasteiger partial charge in [-0.2, -0.15) is 0 Å². The van der Waals surface area contributed by atoms with Crippen molar-refractivity contribution in [3.8, 4) is 0 Å². The zero-order valence-corrected chi connectivity index (χ0v) is 18.4. The molecule has 3 amide bonds. The Morgan fingerprint density at radius 1 is 1.00 bits per heavy atom. The Morgan fingerprint density at radius 2 is 1.58 bits per heavy atom. The van der Waals surface area contributed by atoms with Crippen molar-refractivity contribution in [2.24, 2.45) is 11.7 Å². The molecule has 3 N–H and O–H groups in total. The van der Waals surface area contributed by atoms with Crippen LogP contribution in [0.3, 0.4) is 0 Å². The smallest absolute Gasteiger partial charge is 0.364 e. The molecule has 3 saturated heterocycles. The van der Waals surface area contributed by atoms with E-state index < -0.39 is 35.5 Å². The SMILES string of the molecule is NC(=O)ON1CCC(CN2CCN(c3c(F)cc(C4CC(=O)NC(=O)C4)cc3F)CC2)CC1. The number of imide groups is 1. The van der Waals surface area contributed by atoms with Gasteiger partial charge >= 0.3 is 6.09 Å². The number of rotatable bonds is 5. The van der Waals surface area contributed by atoms with E-state index in [-0.39, 0.29) is 18.5 Å². The standard InChI is InChI=1S/C22H29F2N5O4/c23-17-9-15(16-11-19(30)26-20(31)12-16)10-18(24)21(17)28-7-5-27(6-8-28)13-14-1-3-29(4-2-14)33-22(25)32/h9-10,14,16H,1-8,11-13H2,(H2,25,32)(H,26,30,31). The second-order valence-electron chi connectivity index (χ2n) is 8.98. The Hall–Kier alpha value is -2.79. The Balaban J connectivity index is 1.31. The number of benzene rings is 1. The van der Waals surface area contributed by atoms with E-state index in [9.17, 15) is 23.2 Å². The van der Waals surface area contributed by atoms with E-state index >= 15 is 0 Å². The number of carbonyl (C=O) groups is 3. The number of piperidine rings is 2. The number of nitrogens with one attached hydrogen (secondary N) is 1. The first-order valence-electron chi connectivity index (χ1n) is 11.3. The third-order valence-electron chi connectivity index (χ3n) is 6.65. The van der Waals surface area contributed by atoms with Crippen LogP contribution < -0.4 is 16.0 Å². The number of hydroxylamine groups is 2. The highest BCUT2D eigenvalue weighted by Gasteiger charge is 2.30. The van der Waals surface area contributed by atoms with Crippen LogP contribution in [0.15, 0.2) is 12.1 Å². The fourth-order valence-corrected chi connectivity index (χ4v) is 4.97. The van der Waals surface area contributed by atoms with Crippen LogP contribution in [-0.2, 0) is 14.4 Å². The Bertz CT molecular complexity index is 875. The Kier molecular flexibility index (Phi) is 7.08. The van der Waals surface area contributed by atoms with Crippen molar-refractivity contribution in [2.45, 2.75) is 31.6 Å². The third-order valence-corrected chi connectivity index (χ3v) is 6.65. The number of halogens is 2. The molecule has 0 atom stereocenters. The van der Waals surface area contributed by atoms with E-state index in [4.69, 9.17) is 10.6 Å². The van der Waals surface area contributed by atoms with Gasteiger partial charge in [0, 0.05) is 64.6 Å². The molecule has 0 spiro atoms. The number of nitrogens with two attached hydrogens (primary N) is 1. The number of hydrogen-bond acceptors (Lipinski definition) is 7. The first-order valence-corrected chi connectivity index (χ1v) is 11.3. The van der Waals surface area contributed by atoms with E-state index in [1.165, 1.54) is 12.1 Å². The second-order valence-corrected chi connectivity index (χ2v) is 8.98. The normalized spacial score (nSPS) is 21.8. The molecule has 1 aromatic rings. The number of primary amides is 1. The van der Waals surface area contributed by atoms with Crippen molar-refractivity contribution in [3.05, 3.63) is 29.3 Å². The average Bonchev–Trinajstić information content (AvgIpc) is 2.75. The highest BCUT2D eigenvalue weighted by molar-refractivity contribution is 5.98. The maximum atomic E-state index is 14.9. The lowest BCUT2D eigenvalue weighted by Crippen LogP contribution is -2.49. The second kappa shape index (κ2) is 10.0. The molecule has 0 bridgehead atoms. The molecule has 11 heteroatoms. The summed E-state index contributed by atoms with van der Waals surface area (Å²) in [5.41, 5.74) is 5.33. The number of carbonyl (C=O) groups excluding carboxylic acids is 3. The first-order chi connectivity index (χ1) is 15.8. The van der Waals surface area contributed by atoms with Gasteiger partial charge in [-0.15, -0.1) is 5.06 Å². The monoisotopic (exact) mass is 465 g/mol. The predicted molar refractivity (Wildman–Crippen MR) is 115 cm³/mol. The fourth-order valence-electron chi connectivity index (χ4n) is 4.97. The molecule has 4 rings (SSSR count). The van der Waals surface area contributed by atoms with Crippen LogP contribution in [0.1, 0.15) is 37.2 Å². The van der Waals surface area contributed by atoms with Crippen LogP contribution in [-0.4, -0.2) is 73.7 Å². The van der Waals surface area contributed by atoms with Gasteiger partial charge in [0.15, 0.2) is 0 Å². The molecule has 3 fully saturated rings. The third kappa shape index (κ3) is 5.77. The summed E-state index contributed by atoms with van der Waals surface area (Å²) in [5.74, 6) is -2.24. The molecule has 33 heavy (non-hydrogen) atoms. The van der Waals surface area contributed by atoms with Gasteiger partial charge in [-0.3, -0.25) is 19.8 Å². The molecule has 3 heterocycles. The molecule has 3 aliphatic heterocycles. The van der Waals surface area contributed by atoms with Gasteiger partial charge in [-0.1, -0.05) is 0 Å². The topological polar surface area (TPSA) is 108 Å². The summed E-state index contributed by atoms with van der Waals surface area (Å²) >= 11 is 0. The Morgan fingerprint density at radius 3 is 2.12 bits per heavy atom. The molecule has 9 nitrogen and oxygen atoms in total. The number of piperazine rings is 1. The minimum Gasteiger partial charge on any atom is -0.364 e. The van der Waals surface area contributed by atoms with Crippen molar-refractivity contribution in [3.63, 3.8) is 0 Å². The predicted octanol–water partition coefficient (Wildman–Crippen LogP) is 1.33. The first kappa shape index (κ1) is 23.4. The van der Waals surface area contributed by atoms with Crippen LogP contribution in [0.4, 0.5) is 19.3 Å². The lowest BCUT2D eigenvalue weighted by molar-refractivity contribution is -0.133. The highest BCUT2D eigenvalue weighted by Crippen LogP contribution is 2.33. The van der Waals surface area contributed by atoms with E-state index in [0.29, 0.717) is 50.7 Å². The van der Waals surface area contributed by atoms with Gasteiger partial charge < -0.3 is 15.5 Å². The summed E-state index contributed by atoms with van der Waals surface area (Å²) in [7, 11) is 0. The lowest BCUT2D eigenvalue weighted by atomic mass is 9.89. The number of amides is 3. The lowest BCUT2D eigenvalue weighted by Gasteiger charge is -2.39. The summed E-state index contributed by atoms with van der Waals surface area (Å²) < 4.78 is 29.8. The highest BCUT2D eigenvalue weighted by atomic mass is 19.1. The largest absolute Gasteiger partial charge is 0.423 e. The van der Waals surface area contributed by atoms with Crippen LogP contribution >= 0.6 is 0 Å².